The molecule has 0 fully saturated rings. The number of hydrogen-bond acceptors (Lipinski definition) is 3. The van der Waals surface area contributed by atoms with E-state index in [1.54, 1.807) is 13.8 Å². The molecule has 1 aromatic carbocycles. The van der Waals surface area contributed by atoms with Crippen LogP contribution in [0, 0.1) is 5.41 Å². The lowest BCUT2D eigenvalue weighted by Gasteiger charge is -2.00. The van der Waals surface area contributed by atoms with Crippen LogP contribution in [-0.4, -0.2) is 16.6 Å². The van der Waals surface area contributed by atoms with Gasteiger partial charge in [0, 0.05) is 5.71 Å². The number of benzene rings is 1. The molecule has 0 aliphatic heterocycles. The Hall–Kier alpha value is -1.64. The Bertz CT molecular complexity index is 338. The smallest absolute Gasteiger partial charge is 0.0836 e. The molecule has 3 heteroatoms. The van der Waals surface area contributed by atoms with Crippen LogP contribution in [0.4, 0.5) is 0 Å². The van der Waals surface area contributed by atoms with Crippen molar-refractivity contribution in [1.29, 1.82) is 5.41 Å². The number of nitrogens with one attached hydrogen (secondary N) is 1. The van der Waals surface area contributed by atoms with Gasteiger partial charge in [0.05, 0.1) is 5.71 Å². The van der Waals surface area contributed by atoms with E-state index in [1.165, 1.54) is 0 Å². The highest BCUT2D eigenvalue weighted by Crippen LogP contribution is 2.05. The van der Waals surface area contributed by atoms with Gasteiger partial charge in [-0.15, -0.1) is 0 Å². The van der Waals surface area contributed by atoms with Crippen LogP contribution in [0.25, 0.3) is 0 Å². The van der Waals surface area contributed by atoms with E-state index in [-0.39, 0.29) is 0 Å². The Labute approximate surface area is 77.2 Å². The van der Waals surface area contributed by atoms with Crippen LogP contribution in [-0.2, 0) is 0 Å². The van der Waals surface area contributed by atoms with E-state index in [0.717, 1.165) is 11.1 Å². The van der Waals surface area contributed by atoms with E-state index in [0.29, 0.717) is 11.4 Å². The molecule has 0 amide bonds. The number of hydrogen-bond donors (Lipinski definition) is 2. The van der Waals surface area contributed by atoms with Crippen molar-refractivity contribution >= 4 is 11.4 Å². The van der Waals surface area contributed by atoms with E-state index in [9.17, 15) is 0 Å². The van der Waals surface area contributed by atoms with Crippen LogP contribution in [0.3, 0.4) is 0 Å². The summed E-state index contributed by atoms with van der Waals surface area (Å²) in [6.07, 6.45) is 0. The van der Waals surface area contributed by atoms with E-state index in [1.807, 2.05) is 24.3 Å². The fraction of sp³-hybridized carbons (Fsp3) is 0.200. The topological polar surface area (TPSA) is 56.4 Å². The fourth-order valence-corrected chi connectivity index (χ4v) is 1.02. The lowest BCUT2D eigenvalue weighted by atomic mass is 10.1. The minimum absolute atomic E-state index is 0.533. The third kappa shape index (κ3) is 2.15. The summed E-state index contributed by atoms with van der Waals surface area (Å²) in [4.78, 5) is 0. The van der Waals surface area contributed by atoms with Gasteiger partial charge in [-0.05, 0) is 25.0 Å². The highest BCUT2D eigenvalue weighted by atomic mass is 16.4. The van der Waals surface area contributed by atoms with Crippen LogP contribution >= 0.6 is 0 Å². The van der Waals surface area contributed by atoms with Crippen molar-refractivity contribution in [2.45, 2.75) is 13.8 Å². The predicted octanol–water partition coefficient (Wildman–Crippen LogP) is 2.27. The maximum Gasteiger partial charge on any atom is 0.0836 e. The average molecular weight is 176 g/mol. The molecule has 0 atom stereocenters. The monoisotopic (exact) mass is 176 g/mol. The summed E-state index contributed by atoms with van der Waals surface area (Å²) in [7, 11) is 0. The SMILES string of the molecule is CC(=N)c1ccc(/C(C)=N/O)cc1. The largest absolute Gasteiger partial charge is 0.411 e. The van der Waals surface area contributed by atoms with Crippen LogP contribution in [0.5, 0.6) is 0 Å². The normalized spacial score (nSPS) is 11.4. The van der Waals surface area contributed by atoms with Gasteiger partial charge < -0.3 is 10.6 Å². The van der Waals surface area contributed by atoms with E-state index in [2.05, 4.69) is 5.16 Å². The lowest BCUT2D eigenvalue weighted by Crippen LogP contribution is -1.96. The van der Waals surface area contributed by atoms with Crippen molar-refractivity contribution in [2.75, 3.05) is 0 Å². The number of rotatable bonds is 2. The van der Waals surface area contributed by atoms with E-state index >= 15 is 0 Å². The zero-order chi connectivity index (χ0) is 9.84. The summed E-state index contributed by atoms with van der Waals surface area (Å²) < 4.78 is 0. The Morgan fingerprint density at radius 2 is 1.62 bits per heavy atom. The molecule has 0 saturated carbocycles. The Morgan fingerprint density at radius 1 is 1.15 bits per heavy atom. The second-order valence-corrected chi connectivity index (χ2v) is 2.89. The average Bonchev–Trinajstić information content (AvgIpc) is 2.17. The summed E-state index contributed by atoms with van der Waals surface area (Å²) in [6, 6.07) is 7.35. The molecule has 0 aliphatic carbocycles. The molecule has 0 bridgehead atoms. The standard InChI is InChI=1S/C10H12N2O/c1-7(11)9-3-5-10(6-4-9)8(2)12-13/h3-6,11,13H,1-2H3/b11-7?,12-8+. The number of nitrogens with zero attached hydrogens (tertiary/aromatic N) is 1. The molecule has 0 heterocycles. The molecule has 68 valence electrons. The van der Waals surface area contributed by atoms with E-state index in [4.69, 9.17) is 10.6 Å². The van der Waals surface area contributed by atoms with E-state index < -0.39 is 0 Å². The highest BCUT2D eigenvalue weighted by molar-refractivity contribution is 6.00. The van der Waals surface area contributed by atoms with Gasteiger partial charge in [-0.2, -0.15) is 0 Å². The van der Waals surface area contributed by atoms with Crippen molar-refractivity contribution in [2.24, 2.45) is 5.16 Å². The summed E-state index contributed by atoms with van der Waals surface area (Å²) in [5.41, 5.74) is 2.86. The van der Waals surface area contributed by atoms with Crippen molar-refractivity contribution in [3.8, 4) is 0 Å². The zero-order valence-electron chi connectivity index (χ0n) is 7.70. The Balaban J connectivity index is 3.00. The first-order valence-corrected chi connectivity index (χ1v) is 3.99. The van der Waals surface area contributed by atoms with Gasteiger partial charge in [0.2, 0.25) is 0 Å². The summed E-state index contributed by atoms with van der Waals surface area (Å²) in [5.74, 6) is 0. The molecule has 0 spiro atoms. The Morgan fingerprint density at radius 3 is 2.00 bits per heavy atom. The molecule has 0 aromatic heterocycles. The zero-order valence-corrected chi connectivity index (χ0v) is 7.70. The molecule has 1 rings (SSSR count). The molecule has 3 nitrogen and oxygen atoms in total. The quantitative estimate of drug-likeness (QED) is 0.405. The van der Waals surface area contributed by atoms with Gasteiger partial charge in [0.15, 0.2) is 0 Å². The van der Waals surface area contributed by atoms with Crippen LogP contribution in [0.1, 0.15) is 25.0 Å². The molecule has 0 unspecified atom stereocenters. The first-order valence-electron chi connectivity index (χ1n) is 3.99. The summed E-state index contributed by atoms with van der Waals surface area (Å²) >= 11 is 0. The Kier molecular flexibility index (Phi) is 2.80. The molecule has 0 aliphatic rings. The predicted molar refractivity (Wildman–Crippen MR) is 52.9 cm³/mol. The first-order chi connectivity index (χ1) is 6.15. The van der Waals surface area contributed by atoms with Crippen molar-refractivity contribution < 1.29 is 5.21 Å². The van der Waals surface area contributed by atoms with Crippen LogP contribution < -0.4 is 0 Å². The van der Waals surface area contributed by atoms with Crippen LogP contribution in [0.2, 0.25) is 0 Å². The van der Waals surface area contributed by atoms with Crippen molar-refractivity contribution in [3.05, 3.63) is 35.4 Å². The molecular formula is C10H12N2O. The van der Waals surface area contributed by atoms with Gasteiger partial charge in [-0.25, -0.2) is 0 Å². The molecule has 13 heavy (non-hydrogen) atoms. The fourth-order valence-electron chi connectivity index (χ4n) is 1.02. The molecular weight excluding hydrogens is 164 g/mol. The third-order valence-electron chi connectivity index (χ3n) is 1.89. The van der Waals surface area contributed by atoms with Crippen LogP contribution in [0.15, 0.2) is 29.4 Å². The van der Waals surface area contributed by atoms with Gasteiger partial charge >= 0.3 is 0 Å². The molecule has 0 saturated heterocycles. The summed E-state index contributed by atoms with van der Waals surface area (Å²) in [5, 5.41) is 19.0. The summed E-state index contributed by atoms with van der Waals surface area (Å²) in [6.45, 7) is 3.47. The van der Waals surface area contributed by atoms with Gasteiger partial charge in [-0.1, -0.05) is 29.4 Å². The third-order valence-corrected chi connectivity index (χ3v) is 1.89. The molecule has 1 aromatic rings. The van der Waals surface area contributed by atoms with Gasteiger partial charge in [0.25, 0.3) is 0 Å². The minimum atomic E-state index is 0.533. The minimum Gasteiger partial charge on any atom is -0.411 e. The number of oxime groups is 1. The van der Waals surface area contributed by atoms with Crippen molar-refractivity contribution in [3.63, 3.8) is 0 Å². The van der Waals surface area contributed by atoms with Gasteiger partial charge in [-0.3, -0.25) is 0 Å². The first kappa shape index (κ1) is 9.45. The maximum absolute atomic E-state index is 8.51. The van der Waals surface area contributed by atoms with Crippen molar-refractivity contribution in [1.82, 2.24) is 0 Å². The lowest BCUT2D eigenvalue weighted by molar-refractivity contribution is 0.319. The second kappa shape index (κ2) is 3.85. The molecule has 2 N–H and O–H groups in total. The highest BCUT2D eigenvalue weighted by Gasteiger charge is 1.98. The second-order valence-electron chi connectivity index (χ2n) is 2.89. The maximum atomic E-state index is 8.51. The molecule has 0 radical (unpaired) electrons. The van der Waals surface area contributed by atoms with Gasteiger partial charge in [0.1, 0.15) is 0 Å².